The second kappa shape index (κ2) is 9.43. The first-order valence-electron chi connectivity index (χ1n) is 11.2. The Morgan fingerprint density at radius 3 is 2.82 bits per heavy atom. The van der Waals surface area contributed by atoms with E-state index in [9.17, 15) is 4.79 Å². The van der Waals surface area contributed by atoms with Gasteiger partial charge in [-0.2, -0.15) is 0 Å². The van der Waals surface area contributed by atoms with Crippen molar-refractivity contribution in [1.82, 2.24) is 24.9 Å². The second-order valence-electron chi connectivity index (χ2n) is 8.16. The van der Waals surface area contributed by atoms with E-state index in [-0.39, 0.29) is 11.7 Å². The molecule has 1 amide bonds. The molecule has 0 bridgehead atoms. The highest BCUT2D eigenvalue weighted by atomic mass is 19.1. The van der Waals surface area contributed by atoms with Gasteiger partial charge in [0, 0.05) is 60.0 Å². The SMILES string of the molecule is COc1ccccc1-c1cc(C2=CCCN(C(=O)CCn3ccnn3)C2)c(F)c2ccncc12. The number of hydrogen-bond donors (Lipinski definition) is 0. The maximum atomic E-state index is 15.8. The topological polar surface area (TPSA) is 73.1 Å². The maximum absolute atomic E-state index is 15.8. The fourth-order valence-corrected chi connectivity index (χ4v) is 4.43. The summed E-state index contributed by atoms with van der Waals surface area (Å²) >= 11 is 0. The summed E-state index contributed by atoms with van der Waals surface area (Å²) in [6.07, 6.45) is 9.60. The van der Waals surface area contributed by atoms with Crippen molar-refractivity contribution in [3.63, 3.8) is 0 Å². The van der Waals surface area contributed by atoms with Crippen LogP contribution in [0.2, 0.25) is 0 Å². The van der Waals surface area contributed by atoms with E-state index in [0.29, 0.717) is 54.6 Å². The van der Waals surface area contributed by atoms with Gasteiger partial charge in [0.25, 0.3) is 0 Å². The highest BCUT2D eigenvalue weighted by molar-refractivity contribution is 6.00. The Balaban J connectivity index is 1.50. The Kier molecular flexibility index (Phi) is 6.03. The lowest BCUT2D eigenvalue weighted by Gasteiger charge is -2.28. The van der Waals surface area contributed by atoms with Crippen molar-refractivity contribution in [2.45, 2.75) is 19.4 Å². The molecule has 0 radical (unpaired) electrons. The lowest BCUT2D eigenvalue weighted by atomic mass is 9.91. The monoisotopic (exact) mass is 457 g/mol. The summed E-state index contributed by atoms with van der Waals surface area (Å²) < 4.78 is 23.0. The molecular weight excluding hydrogens is 433 g/mol. The number of rotatable bonds is 6. The van der Waals surface area contributed by atoms with E-state index in [1.807, 2.05) is 36.4 Å². The molecule has 4 aromatic rings. The van der Waals surface area contributed by atoms with Gasteiger partial charge in [-0.1, -0.05) is 29.5 Å². The molecule has 0 saturated heterocycles. The minimum atomic E-state index is -0.306. The van der Waals surface area contributed by atoms with Crippen LogP contribution in [0.4, 0.5) is 4.39 Å². The van der Waals surface area contributed by atoms with Gasteiger partial charge in [-0.3, -0.25) is 14.5 Å². The summed E-state index contributed by atoms with van der Waals surface area (Å²) in [5.74, 6) is 0.406. The molecule has 3 heterocycles. The summed E-state index contributed by atoms with van der Waals surface area (Å²) in [6.45, 7) is 1.43. The molecule has 0 atom stereocenters. The number of aryl methyl sites for hydroxylation is 1. The van der Waals surface area contributed by atoms with Crippen LogP contribution < -0.4 is 4.74 Å². The van der Waals surface area contributed by atoms with Crippen molar-refractivity contribution in [2.75, 3.05) is 20.2 Å². The molecule has 172 valence electrons. The van der Waals surface area contributed by atoms with Crippen LogP contribution >= 0.6 is 0 Å². The van der Waals surface area contributed by atoms with Crippen molar-refractivity contribution in [2.24, 2.45) is 0 Å². The Morgan fingerprint density at radius 2 is 2.00 bits per heavy atom. The minimum Gasteiger partial charge on any atom is -0.496 e. The molecule has 8 heteroatoms. The standard InChI is InChI=1S/C26H24FN5O2/c1-34-24-7-3-2-6-19(24)22-15-21(26(27)20-8-10-28-16-23(20)22)18-5-4-12-31(17-18)25(33)9-13-32-14-11-29-30-32/h2-3,5-8,10-11,14-16H,4,9,12-13,17H2,1H3. The van der Waals surface area contributed by atoms with Crippen molar-refractivity contribution < 1.29 is 13.9 Å². The number of para-hydroxylation sites is 1. The third-order valence-corrected chi connectivity index (χ3v) is 6.15. The van der Waals surface area contributed by atoms with E-state index in [2.05, 4.69) is 15.3 Å². The van der Waals surface area contributed by atoms with Gasteiger partial charge in [0.2, 0.25) is 5.91 Å². The van der Waals surface area contributed by atoms with Gasteiger partial charge in [0.05, 0.1) is 19.9 Å². The fraction of sp³-hybridized carbons (Fsp3) is 0.231. The lowest BCUT2D eigenvalue weighted by molar-refractivity contribution is -0.131. The normalized spacial score (nSPS) is 13.7. The minimum absolute atomic E-state index is 0.0106. The smallest absolute Gasteiger partial charge is 0.224 e. The van der Waals surface area contributed by atoms with Gasteiger partial charge in [-0.05, 0) is 35.8 Å². The van der Waals surface area contributed by atoms with Gasteiger partial charge < -0.3 is 9.64 Å². The van der Waals surface area contributed by atoms with Crippen LogP contribution in [0.25, 0.3) is 27.5 Å². The zero-order valence-corrected chi connectivity index (χ0v) is 18.8. The zero-order chi connectivity index (χ0) is 23.5. The molecule has 5 rings (SSSR count). The van der Waals surface area contributed by atoms with Gasteiger partial charge in [0.1, 0.15) is 11.6 Å². The molecule has 7 nitrogen and oxygen atoms in total. The number of aromatic nitrogens is 4. The molecule has 0 saturated carbocycles. The van der Waals surface area contributed by atoms with Crippen LogP contribution in [0, 0.1) is 5.82 Å². The second-order valence-corrected chi connectivity index (χ2v) is 8.16. The molecule has 1 aliphatic heterocycles. The van der Waals surface area contributed by atoms with Crippen molar-refractivity contribution in [3.8, 4) is 16.9 Å². The number of amides is 1. The van der Waals surface area contributed by atoms with Crippen molar-refractivity contribution >= 4 is 22.3 Å². The number of benzene rings is 2. The molecule has 1 aliphatic rings. The van der Waals surface area contributed by atoms with E-state index in [1.54, 1.807) is 47.5 Å². The highest BCUT2D eigenvalue weighted by Crippen LogP contribution is 2.39. The number of nitrogens with zero attached hydrogens (tertiary/aromatic N) is 5. The number of carbonyl (C=O) groups excluding carboxylic acids is 1. The molecule has 2 aromatic carbocycles. The van der Waals surface area contributed by atoms with E-state index >= 15 is 4.39 Å². The maximum Gasteiger partial charge on any atom is 0.224 e. The van der Waals surface area contributed by atoms with Crippen LogP contribution in [-0.2, 0) is 11.3 Å². The zero-order valence-electron chi connectivity index (χ0n) is 18.8. The van der Waals surface area contributed by atoms with Crippen molar-refractivity contribution in [3.05, 3.63) is 78.6 Å². The third-order valence-electron chi connectivity index (χ3n) is 6.15. The van der Waals surface area contributed by atoms with Crippen LogP contribution in [0.1, 0.15) is 18.4 Å². The summed E-state index contributed by atoms with van der Waals surface area (Å²) in [5.41, 5.74) is 3.00. The summed E-state index contributed by atoms with van der Waals surface area (Å²) in [6, 6.07) is 11.2. The van der Waals surface area contributed by atoms with E-state index in [1.165, 1.54) is 0 Å². The summed E-state index contributed by atoms with van der Waals surface area (Å²) in [4.78, 5) is 18.9. The number of halogens is 1. The average molecular weight is 458 g/mol. The Morgan fingerprint density at radius 1 is 1.12 bits per heavy atom. The number of methoxy groups -OCH3 is 1. The van der Waals surface area contributed by atoms with Gasteiger partial charge >= 0.3 is 0 Å². The average Bonchev–Trinajstić information content (AvgIpc) is 3.41. The van der Waals surface area contributed by atoms with Crippen LogP contribution in [0.15, 0.2) is 67.3 Å². The Hall–Kier alpha value is -4.07. The van der Waals surface area contributed by atoms with Gasteiger partial charge in [-0.15, -0.1) is 5.10 Å². The van der Waals surface area contributed by atoms with Gasteiger partial charge in [-0.25, -0.2) is 4.39 Å². The van der Waals surface area contributed by atoms with E-state index in [4.69, 9.17) is 4.74 Å². The molecule has 0 aliphatic carbocycles. The van der Waals surface area contributed by atoms with Crippen molar-refractivity contribution in [1.29, 1.82) is 0 Å². The molecule has 0 fully saturated rings. The Labute approximate surface area is 196 Å². The van der Waals surface area contributed by atoms with Crippen LogP contribution in [-0.4, -0.2) is 51.0 Å². The molecule has 0 unspecified atom stereocenters. The lowest BCUT2D eigenvalue weighted by Crippen LogP contribution is -2.36. The summed E-state index contributed by atoms with van der Waals surface area (Å²) in [7, 11) is 1.62. The van der Waals surface area contributed by atoms with Crippen LogP contribution in [0.5, 0.6) is 5.75 Å². The largest absolute Gasteiger partial charge is 0.496 e. The van der Waals surface area contributed by atoms with E-state index in [0.717, 1.165) is 16.7 Å². The summed E-state index contributed by atoms with van der Waals surface area (Å²) in [5, 5.41) is 8.88. The number of carbonyl (C=O) groups is 1. The molecule has 34 heavy (non-hydrogen) atoms. The predicted molar refractivity (Wildman–Crippen MR) is 128 cm³/mol. The predicted octanol–water partition coefficient (Wildman–Crippen LogP) is 4.35. The fourth-order valence-electron chi connectivity index (χ4n) is 4.43. The molecule has 2 aromatic heterocycles. The highest BCUT2D eigenvalue weighted by Gasteiger charge is 2.23. The first-order chi connectivity index (χ1) is 16.7. The molecule has 0 spiro atoms. The van der Waals surface area contributed by atoms with Crippen LogP contribution in [0.3, 0.4) is 0 Å². The molecular formula is C26H24FN5O2. The molecule has 0 N–H and O–H groups in total. The number of pyridine rings is 1. The first kappa shape index (κ1) is 21.8. The quantitative estimate of drug-likeness (QED) is 0.431. The number of hydrogen-bond acceptors (Lipinski definition) is 5. The Bertz CT molecular complexity index is 1370. The number of ether oxygens (including phenoxy) is 1. The van der Waals surface area contributed by atoms with Gasteiger partial charge in [0.15, 0.2) is 0 Å². The third kappa shape index (κ3) is 4.14. The number of fused-ring (bicyclic) bond motifs is 1. The van der Waals surface area contributed by atoms with E-state index < -0.39 is 0 Å². The first-order valence-corrected chi connectivity index (χ1v) is 11.2.